The maximum Gasteiger partial charge on any atom is 0.263 e. The number of thioether (sulfide) groups is 1. The van der Waals surface area contributed by atoms with Gasteiger partial charge in [0, 0.05) is 41.7 Å². The topological polar surface area (TPSA) is 29.3 Å². The molecular weight excluding hydrogens is 278 g/mol. The molecule has 1 saturated heterocycles. The number of nitrogens with zero attached hydrogens (tertiary/aromatic N) is 1. The number of halogens is 2. The van der Waals surface area contributed by atoms with E-state index in [4.69, 9.17) is 5.73 Å². The highest BCUT2D eigenvalue weighted by Gasteiger charge is 2.31. The molecule has 1 atom stereocenters. The molecule has 0 amide bonds. The maximum absolute atomic E-state index is 12.8. The van der Waals surface area contributed by atoms with Gasteiger partial charge in [-0.25, -0.2) is 8.78 Å². The van der Waals surface area contributed by atoms with Gasteiger partial charge < -0.3 is 5.73 Å². The zero-order valence-electron chi connectivity index (χ0n) is 12.0. The Morgan fingerprint density at radius 2 is 2.05 bits per heavy atom. The standard InChI is InChI=1S/C15H22F2N2S/c1-15(2)10-19(6-7-20-15)13(9-18)11-4-3-5-12(8-11)14(16)17/h3-5,8,13-14H,6-7,9-10,18H2,1-2H3. The highest BCUT2D eigenvalue weighted by Crippen LogP contribution is 2.34. The zero-order chi connectivity index (χ0) is 14.8. The molecule has 1 heterocycles. The van der Waals surface area contributed by atoms with Crippen LogP contribution in [0.2, 0.25) is 0 Å². The van der Waals surface area contributed by atoms with E-state index >= 15 is 0 Å². The summed E-state index contributed by atoms with van der Waals surface area (Å²) in [5.74, 6) is 1.05. The summed E-state index contributed by atoms with van der Waals surface area (Å²) in [5.41, 5.74) is 6.89. The van der Waals surface area contributed by atoms with Crippen LogP contribution in [0.4, 0.5) is 8.78 Å². The molecule has 1 aliphatic heterocycles. The van der Waals surface area contributed by atoms with E-state index in [1.54, 1.807) is 12.1 Å². The molecule has 2 rings (SSSR count). The minimum atomic E-state index is -2.43. The first-order chi connectivity index (χ1) is 9.43. The number of rotatable bonds is 4. The molecule has 112 valence electrons. The SMILES string of the molecule is CC1(C)CN(C(CN)c2cccc(C(F)F)c2)CCS1. The molecule has 0 bridgehead atoms. The second-order valence-electron chi connectivity index (χ2n) is 5.80. The normalized spacial score (nSPS) is 21.1. The molecule has 0 aliphatic carbocycles. The van der Waals surface area contributed by atoms with Crippen LogP contribution in [0.25, 0.3) is 0 Å². The average molecular weight is 300 g/mol. The minimum Gasteiger partial charge on any atom is -0.329 e. The summed E-state index contributed by atoms with van der Waals surface area (Å²) in [6.07, 6.45) is -2.43. The summed E-state index contributed by atoms with van der Waals surface area (Å²) in [5, 5.41) is 0. The molecule has 1 aromatic rings. The number of benzene rings is 1. The van der Waals surface area contributed by atoms with Crippen LogP contribution in [0.3, 0.4) is 0 Å². The Kier molecular flexibility index (Phi) is 5.04. The van der Waals surface area contributed by atoms with Gasteiger partial charge in [-0.05, 0) is 25.5 Å². The molecule has 1 aromatic carbocycles. The molecule has 0 saturated carbocycles. The second-order valence-corrected chi connectivity index (χ2v) is 7.60. The van der Waals surface area contributed by atoms with Crippen molar-refractivity contribution in [1.29, 1.82) is 0 Å². The first-order valence-corrected chi connectivity index (χ1v) is 7.87. The fourth-order valence-corrected chi connectivity index (χ4v) is 3.85. The van der Waals surface area contributed by atoms with E-state index in [-0.39, 0.29) is 16.4 Å². The fraction of sp³-hybridized carbons (Fsp3) is 0.600. The quantitative estimate of drug-likeness (QED) is 0.923. The van der Waals surface area contributed by atoms with Crippen molar-refractivity contribution in [2.45, 2.75) is 31.1 Å². The van der Waals surface area contributed by atoms with Crippen LogP contribution < -0.4 is 5.73 Å². The van der Waals surface area contributed by atoms with Gasteiger partial charge in [-0.3, -0.25) is 4.90 Å². The van der Waals surface area contributed by atoms with E-state index in [2.05, 4.69) is 18.7 Å². The van der Waals surface area contributed by atoms with Crippen molar-refractivity contribution in [2.75, 3.05) is 25.4 Å². The van der Waals surface area contributed by atoms with Gasteiger partial charge in [-0.1, -0.05) is 18.2 Å². The molecule has 20 heavy (non-hydrogen) atoms. The van der Waals surface area contributed by atoms with Gasteiger partial charge in [0.25, 0.3) is 6.43 Å². The van der Waals surface area contributed by atoms with Crippen molar-refractivity contribution in [3.63, 3.8) is 0 Å². The molecule has 2 nitrogen and oxygen atoms in total. The lowest BCUT2D eigenvalue weighted by Gasteiger charge is -2.41. The van der Waals surface area contributed by atoms with Gasteiger partial charge in [0.15, 0.2) is 0 Å². The molecule has 0 aromatic heterocycles. The summed E-state index contributed by atoms with van der Waals surface area (Å²) >= 11 is 1.95. The predicted molar refractivity (Wildman–Crippen MR) is 81.3 cm³/mol. The lowest BCUT2D eigenvalue weighted by Crippen LogP contribution is -2.46. The van der Waals surface area contributed by atoms with Crippen LogP contribution in [-0.2, 0) is 0 Å². The number of nitrogens with two attached hydrogens (primary N) is 1. The van der Waals surface area contributed by atoms with Crippen LogP contribution in [0.15, 0.2) is 24.3 Å². The lowest BCUT2D eigenvalue weighted by molar-refractivity contribution is 0.150. The third-order valence-corrected chi connectivity index (χ3v) is 4.96. The summed E-state index contributed by atoms with van der Waals surface area (Å²) in [6, 6.07) is 6.68. The van der Waals surface area contributed by atoms with Gasteiger partial charge in [0.1, 0.15) is 0 Å². The van der Waals surface area contributed by atoms with Crippen molar-refractivity contribution in [3.05, 3.63) is 35.4 Å². The number of hydrogen-bond donors (Lipinski definition) is 1. The summed E-state index contributed by atoms with van der Waals surface area (Å²) in [6.45, 7) is 6.76. The van der Waals surface area contributed by atoms with E-state index in [0.717, 1.165) is 24.4 Å². The highest BCUT2D eigenvalue weighted by molar-refractivity contribution is 8.00. The first-order valence-electron chi connectivity index (χ1n) is 6.89. The Morgan fingerprint density at radius 3 is 2.65 bits per heavy atom. The number of hydrogen-bond acceptors (Lipinski definition) is 3. The monoisotopic (exact) mass is 300 g/mol. The Bertz CT molecular complexity index is 451. The van der Waals surface area contributed by atoms with Gasteiger partial charge >= 0.3 is 0 Å². The molecular formula is C15H22F2N2S. The Morgan fingerprint density at radius 1 is 1.35 bits per heavy atom. The third-order valence-electron chi connectivity index (χ3n) is 3.67. The molecule has 5 heteroatoms. The van der Waals surface area contributed by atoms with Gasteiger partial charge in [0.05, 0.1) is 0 Å². The molecule has 1 aliphatic rings. The highest BCUT2D eigenvalue weighted by atomic mass is 32.2. The second kappa shape index (κ2) is 6.41. The van der Waals surface area contributed by atoms with E-state index in [9.17, 15) is 8.78 Å². The lowest BCUT2D eigenvalue weighted by atomic mass is 10.0. The third kappa shape index (κ3) is 3.71. The summed E-state index contributed by atoms with van der Waals surface area (Å²) < 4.78 is 25.8. The molecule has 2 N–H and O–H groups in total. The molecule has 1 fully saturated rings. The molecule has 1 unspecified atom stereocenters. The van der Waals surface area contributed by atoms with Crippen molar-refractivity contribution in [2.24, 2.45) is 5.73 Å². The van der Waals surface area contributed by atoms with Gasteiger partial charge in [-0.15, -0.1) is 0 Å². The van der Waals surface area contributed by atoms with Crippen LogP contribution >= 0.6 is 11.8 Å². The largest absolute Gasteiger partial charge is 0.329 e. The maximum atomic E-state index is 12.8. The van der Waals surface area contributed by atoms with Gasteiger partial charge in [0.2, 0.25) is 0 Å². The van der Waals surface area contributed by atoms with E-state index in [1.807, 2.05) is 17.8 Å². The van der Waals surface area contributed by atoms with E-state index in [1.165, 1.54) is 6.07 Å². The molecule has 0 spiro atoms. The van der Waals surface area contributed by atoms with E-state index in [0.29, 0.717) is 6.54 Å². The molecule has 0 radical (unpaired) electrons. The summed E-state index contributed by atoms with van der Waals surface area (Å²) in [4.78, 5) is 2.32. The van der Waals surface area contributed by atoms with Crippen LogP contribution in [-0.4, -0.2) is 35.0 Å². The Balaban J connectivity index is 2.21. The van der Waals surface area contributed by atoms with Crippen LogP contribution in [0.1, 0.15) is 37.4 Å². The van der Waals surface area contributed by atoms with Gasteiger partial charge in [-0.2, -0.15) is 11.8 Å². The van der Waals surface area contributed by atoms with Crippen molar-refractivity contribution in [3.8, 4) is 0 Å². The van der Waals surface area contributed by atoms with Crippen LogP contribution in [0.5, 0.6) is 0 Å². The van der Waals surface area contributed by atoms with Crippen molar-refractivity contribution >= 4 is 11.8 Å². The smallest absolute Gasteiger partial charge is 0.263 e. The number of alkyl halides is 2. The fourth-order valence-electron chi connectivity index (χ4n) is 2.72. The van der Waals surface area contributed by atoms with Crippen molar-refractivity contribution < 1.29 is 8.78 Å². The Labute approximate surface area is 123 Å². The van der Waals surface area contributed by atoms with E-state index < -0.39 is 6.43 Å². The Hall–Kier alpha value is -0.650. The average Bonchev–Trinajstić information content (AvgIpc) is 2.39. The first kappa shape index (κ1) is 15.7. The minimum absolute atomic E-state index is 0.0221. The zero-order valence-corrected chi connectivity index (χ0v) is 12.8. The van der Waals surface area contributed by atoms with Crippen molar-refractivity contribution in [1.82, 2.24) is 4.90 Å². The summed E-state index contributed by atoms with van der Waals surface area (Å²) in [7, 11) is 0. The van der Waals surface area contributed by atoms with Crippen LogP contribution in [0, 0.1) is 0 Å². The predicted octanol–water partition coefficient (Wildman–Crippen LogP) is 3.45.